The van der Waals surface area contributed by atoms with Gasteiger partial charge in [0.15, 0.2) is 17.3 Å². The highest BCUT2D eigenvalue weighted by molar-refractivity contribution is 5.93. The van der Waals surface area contributed by atoms with Gasteiger partial charge < -0.3 is 9.47 Å². The number of rotatable bonds is 9. The van der Waals surface area contributed by atoms with Crippen LogP contribution in [-0.4, -0.2) is 20.0 Å². The van der Waals surface area contributed by atoms with Crippen LogP contribution < -0.4 is 9.47 Å². The zero-order valence-corrected chi connectivity index (χ0v) is 12.6. The minimum absolute atomic E-state index is 0.177. The predicted octanol–water partition coefficient (Wildman–Crippen LogP) is 4.26. The quantitative estimate of drug-likeness (QED) is 0.499. The van der Waals surface area contributed by atoms with E-state index >= 15 is 0 Å². The van der Waals surface area contributed by atoms with Crippen molar-refractivity contribution >= 4 is 11.9 Å². The molecule has 1 rings (SSSR count). The van der Waals surface area contributed by atoms with E-state index < -0.39 is 0 Å². The van der Waals surface area contributed by atoms with Gasteiger partial charge in [-0.25, -0.2) is 0 Å². The lowest BCUT2D eigenvalue weighted by Gasteiger charge is -2.07. The standard InChI is InChI=1S/C17H24O3/c1-4-5-6-7-8-15(18)11-9-14-10-12-16(19-2)17(13-14)20-3/h9-13H,4-8H2,1-3H3/b11-9-. The molecular formula is C17H24O3. The monoisotopic (exact) mass is 276 g/mol. The van der Waals surface area contributed by atoms with Crippen molar-refractivity contribution in [3.63, 3.8) is 0 Å². The van der Waals surface area contributed by atoms with Crippen molar-refractivity contribution in [2.75, 3.05) is 14.2 Å². The highest BCUT2D eigenvalue weighted by Crippen LogP contribution is 2.27. The Hall–Kier alpha value is -1.77. The van der Waals surface area contributed by atoms with Crippen LogP contribution >= 0.6 is 0 Å². The average Bonchev–Trinajstić information content (AvgIpc) is 2.49. The van der Waals surface area contributed by atoms with Crippen molar-refractivity contribution in [1.29, 1.82) is 0 Å². The smallest absolute Gasteiger partial charge is 0.161 e. The Morgan fingerprint density at radius 2 is 1.85 bits per heavy atom. The number of hydrogen-bond acceptors (Lipinski definition) is 3. The van der Waals surface area contributed by atoms with Crippen LogP contribution in [0, 0.1) is 0 Å². The van der Waals surface area contributed by atoms with Crippen molar-refractivity contribution in [3.8, 4) is 11.5 Å². The molecule has 0 heterocycles. The van der Waals surface area contributed by atoms with E-state index in [0.29, 0.717) is 17.9 Å². The molecule has 0 unspecified atom stereocenters. The second kappa shape index (κ2) is 9.18. The molecule has 0 saturated carbocycles. The third-order valence-corrected chi connectivity index (χ3v) is 3.15. The van der Waals surface area contributed by atoms with Crippen LogP contribution in [0.5, 0.6) is 11.5 Å². The normalized spacial score (nSPS) is 10.8. The Kier molecular flexibility index (Phi) is 7.48. The van der Waals surface area contributed by atoms with Gasteiger partial charge in [0.1, 0.15) is 0 Å². The maximum atomic E-state index is 11.7. The summed E-state index contributed by atoms with van der Waals surface area (Å²) in [5.74, 6) is 1.54. The minimum atomic E-state index is 0.177. The number of carbonyl (C=O) groups is 1. The summed E-state index contributed by atoms with van der Waals surface area (Å²) < 4.78 is 10.4. The molecule has 0 radical (unpaired) electrons. The van der Waals surface area contributed by atoms with E-state index in [1.165, 1.54) is 12.8 Å². The number of unbranched alkanes of at least 4 members (excludes halogenated alkanes) is 3. The van der Waals surface area contributed by atoms with Gasteiger partial charge in [0, 0.05) is 6.42 Å². The zero-order chi connectivity index (χ0) is 14.8. The fraction of sp³-hybridized carbons (Fsp3) is 0.471. The molecule has 3 heteroatoms. The summed E-state index contributed by atoms with van der Waals surface area (Å²) in [6.45, 7) is 2.17. The maximum Gasteiger partial charge on any atom is 0.161 e. The first-order chi connectivity index (χ1) is 9.71. The van der Waals surface area contributed by atoms with Crippen LogP contribution in [0.3, 0.4) is 0 Å². The summed E-state index contributed by atoms with van der Waals surface area (Å²) in [5.41, 5.74) is 0.935. The van der Waals surface area contributed by atoms with E-state index in [2.05, 4.69) is 6.92 Å². The van der Waals surface area contributed by atoms with E-state index in [-0.39, 0.29) is 5.78 Å². The van der Waals surface area contributed by atoms with Crippen molar-refractivity contribution in [1.82, 2.24) is 0 Å². The molecule has 0 amide bonds. The zero-order valence-electron chi connectivity index (χ0n) is 12.6. The van der Waals surface area contributed by atoms with Crippen LogP contribution in [0.15, 0.2) is 24.3 Å². The van der Waals surface area contributed by atoms with Gasteiger partial charge >= 0.3 is 0 Å². The largest absolute Gasteiger partial charge is 0.493 e. The number of ketones is 1. The van der Waals surface area contributed by atoms with Crippen LogP contribution in [-0.2, 0) is 4.79 Å². The fourth-order valence-corrected chi connectivity index (χ4v) is 1.95. The molecule has 110 valence electrons. The molecule has 0 spiro atoms. The van der Waals surface area contributed by atoms with Gasteiger partial charge in [0.25, 0.3) is 0 Å². The highest BCUT2D eigenvalue weighted by Gasteiger charge is 2.03. The Bertz CT molecular complexity index is 450. The molecule has 0 fully saturated rings. The van der Waals surface area contributed by atoms with Crippen molar-refractivity contribution < 1.29 is 14.3 Å². The topological polar surface area (TPSA) is 35.5 Å². The third kappa shape index (κ3) is 5.47. The second-order valence-corrected chi connectivity index (χ2v) is 4.72. The average molecular weight is 276 g/mol. The third-order valence-electron chi connectivity index (χ3n) is 3.15. The molecule has 0 aliphatic carbocycles. The molecule has 0 aliphatic heterocycles. The number of hydrogen-bond donors (Lipinski definition) is 0. The first-order valence-electron chi connectivity index (χ1n) is 7.14. The van der Waals surface area contributed by atoms with E-state index in [1.807, 2.05) is 24.3 Å². The van der Waals surface area contributed by atoms with Gasteiger partial charge in [-0.1, -0.05) is 38.3 Å². The van der Waals surface area contributed by atoms with Crippen LogP contribution in [0.1, 0.15) is 44.6 Å². The van der Waals surface area contributed by atoms with Gasteiger partial charge in [-0.15, -0.1) is 0 Å². The van der Waals surface area contributed by atoms with E-state index in [0.717, 1.165) is 18.4 Å². The molecule has 0 aliphatic rings. The van der Waals surface area contributed by atoms with Gasteiger partial charge in [-0.05, 0) is 30.2 Å². The van der Waals surface area contributed by atoms with Gasteiger partial charge in [-0.2, -0.15) is 0 Å². The van der Waals surface area contributed by atoms with Crippen molar-refractivity contribution in [2.45, 2.75) is 39.0 Å². The number of allylic oxidation sites excluding steroid dienone is 1. The molecule has 3 nitrogen and oxygen atoms in total. The molecule has 20 heavy (non-hydrogen) atoms. The Morgan fingerprint density at radius 3 is 2.50 bits per heavy atom. The summed E-state index contributed by atoms with van der Waals surface area (Å²) in [6.07, 6.45) is 8.60. The van der Waals surface area contributed by atoms with Crippen LogP contribution in [0.25, 0.3) is 6.08 Å². The Labute approximate surface area is 121 Å². The fourth-order valence-electron chi connectivity index (χ4n) is 1.95. The lowest BCUT2D eigenvalue weighted by Crippen LogP contribution is -1.93. The molecule has 0 bridgehead atoms. The van der Waals surface area contributed by atoms with Crippen molar-refractivity contribution in [3.05, 3.63) is 29.8 Å². The van der Waals surface area contributed by atoms with E-state index in [9.17, 15) is 4.79 Å². The molecule has 0 atom stereocenters. The Balaban J connectivity index is 2.54. The minimum Gasteiger partial charge on any atom is -0.493 e. The molecule has 0 saturated heterocycles. The number of benzene rings is 1. The SMILES string of the molecule is CCCCCCC(=O)/C=C\c1ccc(OC)c(OC)c1. The number of methoxy groups -OCH3 is 2. The summed E-state index contributed by atoms with van der Waals surface area (Å²) in [4.78, 5) is 11.7. The maximum absolute atomic E-state index is 11.7. The summed E-state index contributed by atoms with van der Waals surface area (Å²) in [7, 11) is 3.21. The van der Waals surface area contributed by atoms with Crippen molar-refractivity contribution in [2.24, 2.45) is 0 Å². The summed E-state index contributed by atoms with van der Waals surface area (Å²) in [5, 5.41) is 0. The van der Waals surface area contributed by atoms with Gasteiger partial charge in [0.05, 0.1) is 14.2 Å². The van der Waals surface area contributed by atoms with E-state index in [1.54, 1.807) is 20.3 Å². The highest BCUT2D eigenvalue weighted by atomic mass is 16.5. The molecule has 0 N–H and O–H groups in total. The predicted molar refractivity (Wildman–Crippen MR) is 82.3 cm³/mol. The summed E-state index contributed by atoms with van der Waals surface area (Å²) >= 11 is 0. The van der Waals surface area contributed by atoms with E-state index in [4.69, 9.17) is 9.47 Å². The number of ether oxygens (including phenoxy) is 2. The van der Waals surface area contributed by atoms with Gasteiger partial charge in [0.2, 0.25) is 0 Å². The number of carbonyl (C=O) groups excluding carboxylic acids is 1. The molecular weight excluding hydrogens is 252 g/mol. The second-order valence-electron chi connectivity index (χ2n) is 4.72. The van der Waals surface area contributed by atoms with Gasteiger partial charge in [-0.3, -0.25) is 4.79 Å². The lowest BCUT2D eigenvalue weighted by atomic mass is 10.1. The molecule has 1 aromatic rings. The first kappa shape index (κ1) is 16.3. The molecule has 0 aromatic heterocycles. The molecule has 1 aromatic carbocycles. The lowest BCUT2D eigenvalue weighted by molar-refractivity contribution is -0.114. The summed E-state index contributed by atoms with van der Waals surface area (Å²) in [6, 6.07) is 5.60. The van der Waals surface area contributed by atoms with Crippen LogP contribution in [0.4, 0.5) is 0 Å². The van der Waals surface area contributed by atoms with Crippen LogP contribution in [0.2, 0.25) is 0 Å². The Morgan fingerprint density at radius 1 is 1.10 bits per heavy atom. The first-order valence-corrected chi connectivity index (χ1v) is 7.14.